The molecule has 0 spiro atoms. The second kappa shape index (κ2) is 8.59. The van der Waals surface area contributed by atoms with E-state index in [0.717, 1.165) is 32.0 Å². The van der Waals surface area contributed by atoms with Crippen molar-refractivity contribution in [2.24, 2.45) is 7.05 Å². The first-order valence-corrected chi connectivity index (χ1v) is 12.6. The minimum absolute atomic E-state index is 0.0185. The highest BCUT2D eigenvalue weighted by atomic mass is 19.4. The van der Waals surface area contributed by atoms with Gasteiger partial charge in [-0.1, -0.05) is 12.1 Å². The van der Waals surface area contributed by atoms with Gasteiger partial charge in [-0.2, -0.15) is 22.0 Å². The van der Waals surface area contributed by atoms with Crippen molar-refractivity contribution in [1.29, 1.82) is 0 Å². The normalized spacial score (nSPS) is 19.3. The molecule has 0 bridgehead atoms. The van der Waals surface area contributed by atoms with E-state index in [0.29, 0.717) is 17.7 Å². The second-order valence-electron chi connectivity index (χ2n) is 10.5. The van der Waals surface area contributed by atoms with Crippen molar-refractivity contribution in [3.63, 3.8) is 0 Å². The van der Waals surface area contributed by atoms with E-state index in [-0.39, 0.29) is 36.2 Å². The molecule has 0 atom stereocenters. The first kappa shape index (κ1) is 25.0. The van der Waals surface area contributed by atoms with Crippen LogP contribution in [-0.2, 0) is 37.7 Å². The molecule has 11 heteroatoms. The molecule has 6 nitrogen and oxygen atoms in total. The van der Waals surface area contributed by atoms with Crippen LogP contribution in [0.3, 0.4) is 0 Å². The second-order valence-corrected chi connectivity index (χ2v) is 10.5. The van der Waals surface area contributed by atoms with Gasteiger partial charge in [-0.05, 0) is 79.7 Å². The average molecular weight is 532 g/mol. The highest BCUT2D eigenvalue weighted by Crippen LogP contribution is 2.62. The molecule has 38 heavy (non-hydrogen) atoms. The van der Waals surface area contributed by atoms with E-state index in [2.05, 4.69) is 15.1 Å². The third kappa shape index (κ3) is 3.90. The van der Waals surface area contributed by atoms with Crippen LogP contribution in [-0.4, -0.2) is 38.7 Å². The Morgan fingerprint density at radius 3 is 2.39 bits per heavy atom. The van der Waals surface area contributed by atoms with Crippen LogP contribution in [0.25, 0.3) is 0 Å². The van der Waals surface area contributed by atoms with Gasteiger partial charge in [0, 0.05) is 24.8 Å². The SMILES string of the molecule is Cn1cnnc1C(F)(F)C1(c2cccc(N3Cc4c(cc(CN5CCCC5)cc4C(F)(F)F)C3=O)c2)CC1. The van der Waals surface area contributed by atoms with E-state index in [4.69, 9.17) is 0 Å². The number of carbonyl (C=O) groups excluding carboxylic acids is 1. The molecule has 1 aliphatic carbocycles. The summed E-state index contributed by atoms with van der Waals surface area (Å²) in [4.78, 5) is 16.8. The maximum absolute atomic E-state index is 15.6. The van der Waals surface area contributed by atoms with Gasteiger partial charge in [0.15, 0.2) is 0 Å². The first-order chi connectivity index (χ1) is 18.0. The van der Waals surface area contributed by atoms with E-state index >= 15 is 8.78 Å². The molecule has 200 valence electrons. The fourth-order valence-electron chi connectivity index (χ4n) is 5.88. The molecular weight excluding hydrogens is 505 g/mol. The molecule has 0 radical (unpaired) electrons. The van der Waals surface area contributed by atoms with Crippen LogP contribution >= 0.6 is 0 Å². The first-order valence-electron chi connectivity index (χ1n) is 12.6. The zero-order valence-electron chi connectivity index (χ0n) is 20.7. The highest BCUT2D eigenvalue weighted by molar-refractivity contribution is 6.10. The number of aryl methyl sites for hydroxylation is 1. The molecule has 2 aliphatic heterocycles. The average Bonchev–Trinajstić information content (AvgIpc) is 3.15. The predicted octanol–water partition coefficient (Wildman–Crippen LogP) is 5.41. The summed E-state index contributed by atoms with van der Waals surface area (Å²) >= 11 is 0. The third-order valence-corrected chi connectivity index (χ3v) is 8.07. The summed E-state index contributed by atoms with van der Waals surface area (Å²) < 4.78 is 74.7. The Kier molecular flexibility index (Phi) is 5.64. The number of hydrogen-bond acceptors (Lipinski definition) is 4. The number of fused-ring (bicyclic) bond motifs is 1. The number of alkyl halides is 5. The smallest absolute Gasteiger partial charge is 0.316 e. The van der Waals surface area contributed by atoms with Crippen LogP contribution in [0, 0.1) is 0 Å². The lowest BCUT2D eigenvalue weighted by atomic mass is 9.88. The summed E-state index contributed by atoms with van der Waals surface area (Å²) in [5.74, 6) is -4.33. The monoisotopic (exact) mass is 531 g/mol. The van der Waals surface area contributed by atoms with Crippen LogP contribution in [0.5, 0.6) is 0 Å². The van der Waals surface area contributed by atoms with E-state index in [1.54, 1.807) is 24.3 Å². The molecule has 1 amide bonds. The Morgan fingerprint density at radius 1 is 1.03 bits per heavy atom. The largest absolute Gasteiger partial charge is 0.416 e. The van der Waals surface area contributed by atoms with Crippen LogP contribution < -0.4 is 4.90 Å². The highest BCUT2D eigenvalue weighted by Gasteiger charge is 2.65. The lowest BCUT2D eigenvalue weighted by Crippen LogP contribution is -2.34. The number of carbonyl (C=O) groups is 1. The zero-order chi connectivity index (χ0) is 26.9. The fourth-order valence-corrected chi connectivity index (χ4v) is 5.88. The summed E-state index contributed by atoms with van der Waals surface area (Å²) in [6, 6.07) is 8.91. The Balaban J connectivity index is 1.35. The van der Waals surface area contributed by atoms with Gasteiger partial charge in [0.25, 0.3) is 5.91 Å². The molecule has 6 rings (SSSR count). The number of nitrogens with zero attached hydrogens (tertiary/aromatic N) is 5. The molecule has 3 aliphatic rings. The Hall–Kier alpha value is -3.34. The number of rotatable bonds is 6. The number of benzene rings is 2. The van der Waals surface area contributed by atoms with Gasteiger partial charge in [-0.3, -0.25) is 9.69 Å². The number of likely N-dealkylation sites (tertiary alicyclic amines) is 1. The molecule has 1 aromatic heterocycles. The lowest BCUT2D eigenvalue weighted by molar-refractivity contribution is -0.138. The molecule has 2 aromatic carbocycles. The minimum atomic E-state index is -4.63. The topological polar surface area (TPSA) is 54.3 Å². The molecular formula is C27H26F5N5O. The summed E-state index contributed by atoms with van der Waals surface area (Å²) in [5, 5.41) is 7.21. The van der Waals surface area contributed by atoms with E-state index in [1.807, 2.05) is 0 Å². The molecule has 3 aromatic rings. The van der Waals surface area contributed by atoms with Crippen molar-refractivity contribution in [2.75, 3.05) is 18.0 Å². The molecule has 3 heterocycles. The Morgan fingerprint density at radius 2 is 1.76 bits per heavy atom. The zero-order valence-corrected chi connectivity index (χ0v) is 20.7. The summed E-state index contributed by atoms with van der Waals surface area (Å²) in [6.45, 7) is 1.69. The van der Waals surface area contributed by atoms with Crippen molar-refractivity contribution in [3.8, 4) is 0 Å². The van der Waals surface area contributed by atoms with Crippen molar-refractivity contribution >= 4 is 11.6 Å². The van der Waals surface area contributed by atoms with Crippen molar-refractivity contribution in [1.82, 2.24) is 19.7 Å². The molecule has 0 unspecified atom stereocenters. The summed E-state index contributed by atoms with van der Waals surface area (Å²) in [7, 11) is 1.45. The predicted molar refractivity (Wildman–Crippen MR) is 129 cm³/mol. The van der Waals surface area contributed by atoms with Crippen LogP contribution in [0.15, 0.2) is 42.7 Å². The van der Waals surface area contributed by atoms with Gasteiger partial charge in [0.1, 0.15) is 6.33 Å². The molecule has 0 N–H and O–H groups in total. The van der Waals surface area contributed by atoms with Gasteiger partial charge in [0.05, 0.1) is 17.5 Å². The third-order valence-electron chi connectivity index (χ3n) is 8.07. The van der Waals surface area contributed by atoms with E-state index in [1.165, 1.54) is 28.9 Å². The standard InChI is InChI=1S/C27H26F5N5O/c1-35-16-33-34-24(35)26(28,29)25(7-8-25)18-5-4-6-19(13-18)37-15-21-20(23(37)38)11-17(12-22(21)27(30,31)32)14-36-9-2-3-10-36/h4-6,11-13,16H,2-3,7-10,14-15H2,1H3. The summed E-state index contributed by atoms with van der Waals surface area (Å²) in [6.07, 6.45) is -0.995. The van der Waals surface area contributed by atoms with Gasteiger partial charge in [-0.15, -0.1) is 10.2 Å². The van der Waals surface area contributed by atoms with Gasteiger partial charge < -0.3 is 9.47 Å². The number of halogens is 5. The van der Waals surface area contributed by atoms with Crippen molar-refractivity contribution in [2.45, 2.75) is 56.3 Å². The quantitative estimate of drug-likeness (QED) is 0.399. The van der Waals surface area contributed by atoms with E-state index < -0.39 is 34.8 Å². The number of anilines is 1. The number of amides is 1. The van der Waals surface area contributed by atoms with Gasteiger partial charge in [0.2, 0.25) is 5.82 Å². The Bertz CT molecular complexity index is 1410. The summed E-state index contributed by atoms with van der Waals surface area (Å²) in [5.41, 5.74) is -1.34. The minimum Gasteiger partial charge on any atom is -0.316 e. The number of hydrogen-bond donors (Lipinski definition) is 0. The molecule has 2 fully saturated rings. The maximum atomic E-state index is 15.6. The fraction of sp³-hybridized carbons (Fsp3) is 0.444. The van der Waals surface area contributed by atoms with E-state index in [9.17, 15) is 18.0 Å². The van der Waals surface area contributed by atoms with Crippen LogP contribution in [0.2, 0.25) is 0 Å². The molecule has 1 saturated carbocycles. The van der Waals surface area contributed by atoms with Crippen molar-refractivity contribution in [3.05, 3.63) is 76.4 Å². The number of aromatic nitrogens is 3. The maximum Gasteiger partial charge on any atom is 0.416 e. The van der Waals surface area contributed by atoms with Crippen LogP contribution in [0.4, 0.5) is 27.6 Å². The lowest BCUT2D eigenvalue weighted by Gasteiger charge is -2.27. The van der Waals surface area contributed by atoms with Crippen LogP contribution in [0.1, 0.15) is 64.1 Å². The van der Waals surface area contributed by atoms with Crippen molar-refractivity contribution < 1.29 is 26.7 Å². The van der Waals surface area contributed by atoms with Gasteiger partial charge >= 0.3 is 12.1 Å². The molecule has 1 saturated heterocycles. The Labute approximate surface area is 216 Å². The van der Waals surface area contributed by atoms with Gasteiger partial charge in [-0.25, -0.2) is 0 Å².